The van der Waals surface area contributed by atoms with Gasteiger partial charge in [-0.2, -0.15) is 5.48 Å². The Kier molecular flexibility index (Phi) is 4.42. The zero-order chi connectivity index (χ0) is 9.68. The molecule has 1 N–H and O–H groups in total. The summed E-state index contributed by atoms with van der Waals surface area (Å²) in [5.74, 6) is 0. The largest absolute Gasteiger partial charge is 0.305 e. The van der Waals surface area contributed by atoms with Crippen molar-refractivity contribution >= 4 is 15.9 Å². The van der Waals surface area contributed by atoms with Crippen LogP contribution in [-0.2, 0) is 17.8 Å². The molecule has 0 saturated carbocycles. The zero-order valence-corrected chi connectivity index (χ0v) is 9.52. The van der Waals surface area contributed by atoms with Crippen molar-refractivity contribution in [3.05, 3.63) is 33.8 Å². The molecular formula is C10H14BrNO. The highest BCUT2D eigenvalue weighted by Gasteiger charge is 1.97. The van der Waals surface area contributed by atoms with Gasteiger partial charge in [0.25, 0.3) is 0 Å². The first-order valence-electron chi connectivity index (χ1n) is 4.30. The Hall–Kier alpha value is -0.380. The Morgan fingerprint density at radius 2 is 2.00 bits per heavy atom. The predicted octanol–water partition coefficient (Wildman–Crippen LogP) is 2.66. The van der Waals surface area contributed by atoms with Crippen LogP contribution in [0.2, 0.25) is 0 Å². The number of halogens is 1. The summed E-state index contributed by atoms with van der Waals surface area (Å²) in [4.78, 5) is 4.79. The smallest absolute Gasteiger partial charge is 0.0572 e. The summed E-state index contributed by atoms with van der Waals surface area (Å²) in [5.41, 5.74) is 5.39. The van der Waals surface area contributed by atoms with Crippen molar-refractivity contribution in [1.29, 1.82) is 0 Å². The molecule has 0 saturated heterocycles. The fourth-order valence-corrected chi connectivity index (χ4v) is 1.77. The molecule has 3 heteroatoms. The summed E-state index contributed by atoms with van der Waals surface area (Å²) in [7, 11) is 1.62. The molecule has 0 aliphatic carbocycles. The Bertz CT molecular complexity index is 276. The maximum Gasteiger partial charge on any atom is 0.0572 e. The molecular weight excluding hydrogens is 230 g/mol. The Labute approximate surface area is 87.4 Å². The lowest BCUT2D eigenvalue weighted by atomic mass is 10.1. The van der Waals surface area contributed by atoms with Crippen molar-refractivity contribution in [1.82, 2.24) is 5.48 Å². The molecule has 0 fully saturated rings. The standard InChI is InChI=1S/C10H14BrNO/c1-3-8-4-9(7-12-13-2)6-10(11)5-8/h4-6,12H,3,7H2,1-2H3. The van der Waals surface area contributed by atoms with Gasteiger partial charge in [0.1, 0.15) is 0 Å². The van der Waals surface area contributed by atoms with Crippen molar-refractivity contribution in [3.63, 3.8) is 0 Å². The summed E-state index contributed by atoms with van der Waals surface area (Å²) in [6, 6.07) is 6.40. The summed E-state index contributed by atoms with van der Waals surface area (Å²) >= 11 is 3.48. The lowest BCUT2D eigenvalue weighted by molar-refractivity contribution is 0.0867. The van der Waals surface area contributed by atoms with Crippen molar-refractivity contribution < 1.29 is 4.84 Å². The van der Waals surface area contributed by atoms with E-state index < -0.39 is 0 Å². The first-order chi connectivity index (χ1) is 6.26. The molecule has 0 radical (unpaired) electrons. The second-order valence-electron chi connectivity index (χ2n) is 2.85. The first kappa shape index (κ1) is 10.7. The SMILES string of the molecule is CCc1cc(Br)cc(CNOC)c1. The topological polar surface area (TPSA) is 21.3 Å². The third-order valence-electron chi connectivity index (χ3n) is 1.85. The van der Waals surface area contributed by atoms with E-state index in [1.165, 1.54) is 11.1 Å². The maximum atomic E-state index is 4.79. The third kappa shape index (κ3) is 3.46. The quantitative estimate of drug-likeness (QED) is 0.822. The molecule has 1 rings (SSSR count). The number of hydrogen-bond acceptors (Lipinski definition) is 2. The van der Waals surface area contributed by atoms with E-state index in [0.29, 0.717) is 0 Å². The molecule has 0 aliphatic rings. The van der Waals surface area contributed by atoms with Gasteiger partial charge in [-0.1, -0.05) is 28.9 Å². The Morgan fingerprint density at radius 1 is 1.31 bits per heavy atom. The van der Waals surface area contributed by atoms with Crippen molar-refractivity contribution in [2.75, 3.05) is 7.11 Å². The highest BCUT2D eigenvalue weighted by atomic mass is 79.9. The number of benzene rings is 1. The van der Waals surface area contributed by atoms with Crippen LogP contribution < -0.4 is 5.48 Å². The van der Waals surface area contributed by atoms with Gasteiger partial charge in [-0.05, 0) is 29.7 Å². The average Bonchev–Trinajstić information content (AvgIpc) is 2.14. The van der Waals surface area contributed by atoms with Gasteiger partial charge >= 0.3 is 0 Å². The number of hydroxylamine groups is 1. The van der Waals surface area contributed by atoms with Crippen molar-refractivity contribution in [2.24, 2.45) is 0 Å². The minimum Gasteiger partial charge on any atom is -0.305 e. The summed E-state index contributed by atoms with van der Waals surface area (Å²) in [6.07, 6.45) is 1.05. The van der Waals surface area contributed by atoms with Crippen molar-refractivity contribution in [3.8, 4) is 0 Å². The van der Waals surface area contributed by atoms with Gasteiger partial charge in [-0.25, -0.2) is 0 Å². The van der Waals surface area contributed by atoms with E-state index in [0.717, 1.165) is 17.4 Å². The lowest BCUT2D eigenvalue weighted by Crippen LogP contribution is -2.10. The second-order valence-corrected chi connectivity index (χ2v) is 3.76. The van der Waals surface area contributed by atoms with Crippen LogP contribution >= 0.6 is 15.9 Å². The van der Waals surface area contributed by atoms with Crippen LogP contribution in [0, 0.1) is 0 Å². The van der Waals surface area contributed by atoms with Gasteiger partial charge in [0.05, 0.1) is 7.11 Å². The number of rotatable bonds is 4. The zero-order valence-electron chi connectivity index (χ0n) is 7.93. The second kappa shape index (κ2) is 5.37. The molecule has 0 atom stereocenters. The molecule has 72 valence electrons. The molecule has 1 aromatic rings. The van der Waals surface area contributed by atoms with E-state index in [-0.39, 0.29) is 0 Å². The summed E-state index contributed by atoms with van der Waals surface area (Å²) in [6.45, 7) is 2.89. The van der Waals surface area contributed by atoms with Crippen LogP contribution in [0.5, 0.6) is 0 Å². The summed E-state index contributed by atoms with van der Waals surface area (Å²) in [5, 5.41) is 0. The number of hydrogen-bond donors (Lipinski definition) is 1. The van der Waals surface area contributed by atoms with Crippen LogP contribution in [-0.4, -0.2) is 7.11 Å². The average molecular weight is 244 g/mol. The van der Waals surface area contributed by atoms with E-state index in [1.807, 2.05) is 0 Å². The minimum absolute atomic E-state index is 0.739. The molecule has 0 spiro atoms. The highest BCUT2D eigenvalue weighted by molar-refractivity contribution is 9.10. The van der Waals surface area contributed by atoms with Crippen LogP contribution in [0.3, 0.4) is 0 Å². The molecule has 0 unspecified atom stereocenters. The summed E-state index contributed by atoms with van der Waals surface area (Å²) < 4.78 is 1.12. The van der Waals surface area contributed by atoms with E-state index in [4.69, 9.17) is 4.84 Å². The number of aryl methyl sites for hydroxylation is 1. The van der Waals surface area contributed by atoms with Crippen LogP contribution in [0.25, 0.3) is 0 Å². The molecule has 1 aromatic carbocycles. The molecule has 0 bridgehead atoms. The van der Waals surface area contributed by atoms with E-state index in [2.05, 4.69) is 46.5 Å². The van der Waals surface area contributed by atoms with Gasteiger partial charge < -0.3 is 4.84 Å². The van der Waals surface area contributed by atoms with Crippen LogP contribution in [0.15, 0.2) is 22.7 Å². The number of nitrogens with one attached hydrogen (secondary N) is 1. The molecule has 0 amide bonds. The molecule has 2 nitrogen and oxygen atoms in total. The molecule has 0 aromatic heterocycles. The predicted molar refractivity (Wildman–Crippen MR) is 57.4 cm³/mol. The van der Waals surface area contributed by atoms with E-state index in [9.17, 15) is 0 Å². The van der Waals surface area contributed by atoms with Crippen molar-refractivity contribution in [2.45, 2.75) is 19.9 Å². The first-order valence-corrected chi connectivity index (χ1v) is 5.09. The van der Waals surface area contributed by atoms with Crippen LogP contribution in [0.4, 0.5) is 0 Å². The Balaban J connectivity index is 2.76. The third-order valence-corrected chi connectivity index (χ3v) is 2.30. The van der Waals surface area contributed by atoms with E-state index in [1.54, 1.807) is 7.11 Å². The van der Waals surface area contributed by atoms with Gasteiger partial charge in [0, 0.05) is 11.0 Å². The highest BCUT2D eigenvalue weighted by Crippen LogP contribution is 2.16. The lowest BCUT2D eigenvalue weighted by Gasteiger charge is -2.05. The van der Waals surface area contributed by atoms with Crippen LogP contribution in [0.1, 0.15) is 18.1 Å². The monoisotopic (exact) mass is 243 g/mol. The van der Waals surface area contributed by atoms with Gasteiger partial charge in [-0.15, -0.1) is 0 Å². The molecule has 0 heterocycles. The fourth-order valence-electron chi connectivity index (χ4n) is 1.18. The van der Waals surface area contributed by atoms with E-state index >= 15 is 0 Å². The molecule has 13 heavy (non-hydrogen) atoms. The normalized spacial score (nSPS) is 10.4. The van der Waals surface area contributed by atoms with Gasteiger partial charge in [0.2, 0.25) is 0 Å². The fraction of sp³-hybridized carbons (Fsp3) is 0.400. The Morgan fingerprint density at radius 3 is 2.62 bits per heavy atom. The molecule has 0 aliphatic heterocycles. The maximum absolute atomic E-state index is 4.79. The van der Waals surface area contributed by atoms with Gasteiger partial charge in [-0.3, -0.25) is 0 Å². The van der Waals surface area contributed by atoms with Gasteiger partial charge in [0.15, 0.2) is 0 Å². The minimum atomic E-state index is 0.739.